The van der Waals surface area contributed by atoms with Gasteiger partial charge in [-0.15, -0.1) is 24.0 Å². The van der Waals surface area contributed by atoms with E-state index in [-0.39, 0.29) is 29.7 Å². The quantitative estimate of drug-likeness (QED) is 0.251. The lowest BCUT2D eigenvalue weighted by molar-refractivity contribution is 0.0341. The van der Waals surface area contributed by atoms with Crippen molar-refractivity contribution in [1.29, 1.82) is 0 Å². The zero-order chi connectivity index (χ0) is 21.9. The molecule has 1 saturated heterocycles. The molecule has 1 heterocycles. The van der Waals surface area contributed by atoms with Gasteiger partial charge in [0.15, 0.2) is 17.5 Å². The summed E-state index contributed by atoms with van der Waals surface area (Å²) in [5.74, 6) is 1.45. The Morgan fingerprint density at radius 3 is 2.59 bits per heavy atom. The van der Waals surface area contributed by atoms with Gasteiger partial charge in [-0.1, -0.05) is 30.3 Å². The molecule has 0 amide bonds. The van der Waals surface area contributed by atoms with Gasteiger partial charge in [-0.3, -0.25) is 4.90 Å². The molecule has 0 saturated carbocycles. The summed E-state index contributed by atoms with van der Waals surface area (Å²) in [6.45, 7) is 8.72. The van der Waals surface area contributed by atoms with Crippen molar-refractivity contribution < 1.29 is 14.6 Å². The van der Waals surface area contributed by atoms with E-state index in [0.29, 0.717) is 12.3 Å². The lowest BCUT2D eigenvalue weighted by atomic mass is 10.1. The molecule has 1 fully saturated rings. The maximum Gasteiger partial charge on any atom is 0.191 e. The molecule has 0 atom stereocenters. The van der Waals surface area contributed by atoms with Gasteiger partial charge < -0.3 is 25.2 Å². The van der Waals surface area contributed by atoms with Crippen LogP contribution in [0, 0.1) is 0 Å². The number of morpholine rings is 1. The normalized spacial score (nSPS) is 14.5. The first kappa shape index (κ1) is 26.2. The number of methoxy groups -OCH3 is 1. The predicted octanol–water partition coefficient (Wildman–Crippen LogP) is 3.15. The highest BCUT2D eigenvalue weighted by Crippen LogP contribution is 2.26. The van der Waals surface area contributed by atoms with E-state index in [4.69, 9.17) is 14.5 Å². The molecular formula is C24H35IN4O3. The Hall–Kier alpha value is -2.04. The third kappa shape index (κ3) is 8.14. The highest BCUT2D eigenvalue weighted by Gasteiger charge is 2.12. The number of ether oxygens (including phenoxy) is 2. The largest absolute Gasteiger partial charge is 0.504 e. The molecule has 0 aromatic heterocycles. The van der Waals surface area contributed by atoms with Crippen LogP contribution in [0.1, 0.15) is 23.6 Å². The maximum atomic E-state index is 9.74. The zero-order valence-electron chi connectivity index (χ0n) is 19.0. The fourth-order valence-electron chi connectivity index (χ4n) is 3.57. The van der Waals surface area contributed by atoms with Crippen molar-refractivity contribution >= 4 is 29.9 Å². The monoisotopic (exact) mass is 554 g/mol. The van der Waals surface area contributed by atoms with Crippen LogP contribution in [0.3, 0.4) is 0 Å². The fraction of sp³-hybridized carbons (Fsp3) is 0.458. The highest BCUT2D eigenvalue weighted by molar-refractivity contribution is 14.0. The Bertz CT molecular complexity index is 857. The number of phenols is 1. The fourth-order valence-corrected chi connectivity index (χ4v) is 3.57. The molecule has 176 valence electrons. The minimum atomic E-state index is 0. The van der Waals surface area contributed by atoms with Crippen LogP contribution in [0.25, 0.3) is 0 Å². The first-order valence-electron chi connectivity index (χ1n) is 10.9. The molecule has 2 aromatic carbocycles. The van der Waals surface area contributed by atoms with Crippen molar-refractivity contribution in [2.75, 3.05) is 46.5 Å². The van der Waals surface area contributed by atoms with Gasteiger partial charge >= 0.3 is 0 Å². The number of hydrogen-bond donors (Lipinski definition) is 3. The molecule has 8 heteroatoms. The molecule has 0 aliphatic carbocycles. The third-order valence-electron chi connectivity index (χ3n) is 5.32. The second-order valence-corrected chi connectivity index (χ2v) is 7.54. The molecular weight excluding hydrogens is 519 g/mol. The van der Waals surface area contributed by atoms with Crippen LogP contribution in [-0.2, 0) is 24.2 Å². The van der Waals surface area contributed by atoms with Gasteiger partial charge in [-0.25, -0.2) is 4.99 Å². The summed E-state index contributed by atoms with van der Waals surface area (Å²) in [5, 5.41) is 16.5. The number of benzene rings is 2. The Morgan fingerprint density at radius 1 is 1.12 bits per heavy atom. The Morgan fingerprint density at radius 2 is 1.88 bits per heavy atom. The maximum absolute atomic E-state index is 9.74. The van der Waals surface area contributed by atoms with Crippen molar-refractivity contribution in [2.45, 2.75) is 26.4 Å². The zero-order valence-corrected chi connectivity index (χ0v) is 21.3. The smallest absolute Gasteiger partial charge is 0.191 e. The van der Waals surface area contributed by atoms with Crippen molar-refractivity contribution in [3.05, 3.63) is 59.2 Å². The Labute approximate surface area is 208 Å². The number of guanidine groups is 1. The van der Waals surface area contributed by atoms with Crippen molar-refractivity contribution in [3.8, 4) is 11.5 Å². The predicted molar refractivity (Wildman–Crippen MR) is 139 cm³/mol. The number of hydrogen-bond acceptors (Lipinski definition) is 5. The second-order valence-electron chi connectivity index (χ2n) is 7.54. The average Bonchev–Trinajstić information content (AvgIpc) is 2.80. The lowest BCUT2D eigenvalue weighted by Gasteiger charge is -2.27. The van der Waals surface area contributed by atoms with E-state index in [2.05, 4.69) is 46.7 Å². The van der Waals surface area contributed by atoms with E-state index in [0.717, 1.165) is 63.9 Å². The van der Waals surface area contributed by atoms with Crippen molar-refractivity contribution in [3.63, 3.8) is 0 Å². The highest BCUT2D eigenvalue weighted by atomic mass is 127. The number of rotatable bonds is 9. The number of phenolic OH excluding ortho intramolecular Hbond substituents is 1. The summed E-state index contributed by atoms with van der Waals surface area (Å²) in [6, 6.07) is 14.0. The number of halogens is 1. The molecule has 7 nitrogen and oxygen atoms in total. The first-order chi connectivity index (χ1) is 15.2. The minimum Gasteiger partial charge on any atom is -0.504 e. The van der Waals surface area contributed by atoms with Gasteiger partial charge in [-0.2, -0.15) is 0 Å². The SMILES string of the molecule is CCNC(=NCc1ccccc1CN1CCOCC1)NCCc1ccc(O)c(OC)c1.I. The van der Waals surface area contributed by atoms with Gasteiger partial charge in [-0.05, 0) is 42.2 Å². The summed E-state index contributed by atoms with van der Waals surface area (Å²) in [5.41, 5.74) is 3.66. The van der Waals surface area contributed by atoms with Crippen LogP contribution in [0.15, 0.2) is 47.5 Å². The Kier molecular flexibility index (Phi) is 11.6. The molecule has 2 aromatic rings. The summed E-state index contributed by atoms with van der Waals surface area (Å²) in [4.78, 5) is 7.23. The van der Waals surface area contributed by atoms with Gasteiger partial charge in [0.2, 0.25) is 0 Å². The van der Waals surface area contributed by atoms with Crippen LogP contribution < -0.4 is 15.4 Å². The summed E-state index contributed by atoms with van der Waals surface area (Å²) in [6.07, 6.45) is 0.800. The second kappa shape index (κ2) is 14.2. The molecule has 0 spiro atoms. The van der Waals surface area contributed by atoms with Crippen LogP contribution >= 0.6 is 24.0 Å². The van der Waals surface area contributed by atoms with E-state index in [1.54, 1.807) is 13.2 Å². The molecule has 0 unspecified atom stereocenters. The topological polar surface area (TPSA) is 78.4 Å². The molecule has 32 heavy (non-hydrogen) atoms. The molecule has 3 rings (SSSR count). The first-order valence-corrected chi connectivity index (χ1v) is 10.9. The summed E-state index contributed by atoms with van der Waals surface area (Å²) < 4.78 is 10.7. The van der Waals surface area contributed by atoms with E-state index in [9.17, 15) is 5.11 Å². The Balaban J connectivity index is 0.00000363. The van der Waals surface area contributed by atoms with Gasteiger partial charge in [0.25, 0.3) is 0 Å². The number of nitrogens with zero attached hydrogens (tertiary/aromatic N) is 2. The van der Waals surface area contributed by atoms with Crippen LogP contribution in [0.4, 0.5) is 0 Å². The van der Waals surface area contributed by atoms with Crippen molar-refractivity contribution in [1.82, 2.24) is 15.5 Å². The molecule has 1 aliphatic heterocycles. The van der Waals surface area contributed by atoms with Crippen LogP contribution in [-0.4, -0.2) is 62.5 Å². The van der Waals surface area contributed by atoms with E-state index < -0.39 is 0 Å². The average molecular weight is 554 g/mol. The van der Waals surface area contributed by atoms with Crippen LogP contribution in [0.5, 0.6) is 11.5 Å². The van der Waals surface area contributed by atoms with E-state index in [1.807, 2.05) is 12.1 Å². The minimum absolute atomic E-state index is 0. The number of aromatic hydroxyl groups is 1. The molecule has 0 bridgehead atoms. The number of nitrogens with one attached hydrogen (secondary N) is 2. The summed E-state index contributed by atoms with van der Waals surface area (Å²) in [7, 11) is 1.56. The molecule has 1 aliphatic rings. The van der Waals surface area contributed by atoms with Gasteiger partial charge in [0.1, 0.15) is 0 Å². The van der Waals surface area contributed by atoms with Crippen molar-refractivity contribution in [2.24, 2.45) is 4.99 Å². The third-order valence-corrected chi connectivity index (χ3v) is 5.32. The summed E-state index contributed by atoms with van der Waals surface area (Å²) >= 11 is 0. The van der Waals surface area contributed by atoms with E-state index >= 15 is 0 Å². The van der Waals surface area contributed by atoms with Crippen LogP contribution in [0.2, 0.25) is 0 Å². The van der Waals surface area contributed by atoms with Gasteiger partial charge in [0, 0.05) is 32.7 Å². The lowest BCUT2D eigenvalue weighted by Crippen LogP contribution is -2.38. The standard InChI is InChI=1S/C24H34N4O3.HI/c1-3-25-24(26-11-10-19-8-9-22(29)23(16-19)30-2)27-17-20-6-4-5-7-21(20)18-28-12-14-31-15-13-28;/h4-9,16,29H,3,10-15,17-18H2,1-2H3,(H2,25,26,27);1H. The number of aliphatic imine (C=N–C) groups is 1. The van der Waals surface area contributed by atoms with Gasteiger partial charge in [0.05, 0.1) is 26.9 Å². The van der Waals surface area contributed by atoms with E-state index in [1.165, 1.54) is 11.1 Å². The molecule has 3 N–H and O–H groups in total. The molecule has 0 radical (unpaired) electrons.